The molecule has 1 aliphatic rings. The molecule has 0 saturated carbocycles. The van der Waals surface area contributed by atoms with E-state index in [0.717, 1.165) is 29.5 Å². The van der Waals surface area contributed by atoms with Gasteiger partial charge >= 0.3 is 0 Å². The van der Waals surface area contributed by atoms with Crippen LogP contribution in [0.4, 0.5) is 5.69 Å². The minimum atomic E-state index is -0.148. The number of carbonyl (C=O) groups is 1. The molecule has 2 heterocycles. The molecule has 0 spiro atoms. The van der Waals surface area contributed by atoms with E-state index >= 15 is 0 Å². The topological polar surface area (TPSA) is 54.0 Å². The Labute approximate surface area is 116 Å². The summed E-state index contributed by atoms with van der Waals surface area (Å²) in [5.74, 6) is 0.0135. The van der Waals surface area contributed by atoms with E-state index in [-0.39, 0.29) is 17.4 Å². The Morgan fingerprint density at radius 3 is 3.00 bits per heavy atom. The van der Waals surface area contributed by atoms with Crippen LogP contribution in [0.2, 0.25) is 0 Å². The zero-order valence-corrected chi connectivity index (χ0v) is 12.3. The van der Waals surface area contributed by atoms with E-state index in [9.17, 15) is 4.79 Å². The largest absolute Gasteiger partial charge is 0.323 e. The van der Waals surface area contributed by atoms with E-state index in [1.165, 1.54) is 0 Å². The summed E-state index contributed by atoms with van der Waals surface area (Å²) in [6, 6.07) is 1.70. The van der Waals surface area contributed by atoms with Gasteiger partial charge in [0.15, 0.2) is 0 Å². The number of piperidine rings is 1. The number of rotatable bonds is 2. The van der Waals surface area contributed by atoms with Gasteiger partial charge in [-0.25, -0.2) is 0 Å². The molecule has 1 fully saturated rings. The van der Waals surface area contributed by atoms with Crippen LogP contribution in [-0.2, 0) is 4.79 Å². The first-order chi connectivity index (χ1) is 8.49. The van der Waals surface area contributed by atoms with Gasteiger partial charge in [0.05, 0.1) is 17.9 Å². The molecular formula is C13H18BrN3O. The van der Waals surface area contributed by atoms with Gasteiger partial charge in [-0.1, -0.05) is 13.8 Å². The van der Waals surface area contributed by atoms with E-state index < -0.39 is 0 Å². The molecule has 0 radical (unpaired) electrons. The number of nitrogens with zero attached hydrogens (tertiary/aromatic N) is 1. The Kier molecular flexibility index (Phi) is 4.02. The van der Waals surface area contributed by atoms with Crippen LogP contribution in [0.5, 0.6) is 0 Å². The van der Waals surface area contributed by atoms with Gasteiger partial charge in [-0.05, 0) is 46.8 Å². The lowest BCUT2D eigenvalue weighted by Gasteiger charge is -2.38. The maximum Gasteiger partial charge on any atom is 0.242 e. The molecule has 18 heavy (non-hydrogen) atoms. The molecule has 0 aliphatic carbocycles. The molecule has 2 rings (SSSR count). The lowest BCUT2D eigenvalue weighted by atomic mass is 9.77. The summed E-state index contributed by atoms with van der Waals surface area (Å²) < 4.78 is 0.858. The zero-order valence-electron chi connectivity index (χ0n) is 10.7. The van der Waals surface area contributed by atoms with Crippen LogP contribution >= 0.6 is 15.9 Å². The maximum atomic E-state index is 12.3. The minimum Gasteiger partial charge on any atom is -0.323 e. The number of hydrogen-bond acceptors (Lipinski definition) is 3. The Bertz CT molecular complexity index is 448. The molecule has 1 aliphatic heterocycles. The summed E-state index contributed by atoms with van der Waals surface area (Å²) in [4.78, 5) is 16.3. The Morgan fingerprint density at radius 1 is 1.56 bits per heavy atom. The number of halogens is 1. The third-order valence-corrected chi connectivity index (χ3v) is 3.80. The van der Waals surface area contributed by atoms with Crippen molar-refractivity contribution in [2.24, 2.45) is 5.41 Å². The number of pyridine rings is 1. The second-order valence-corrected chi connectivity index (χ2v) is 6.28. The van der Waals surface area contributed by atoms with E-state index in [0.29, 0.717) is 0 Å². The second-order valence-electron chi connectivity index (χ2n) is 5.36. The highest BCUT2D eigenvalue weighted by molar-refractivity contribution is 9.10. The molecule has 1 atom stereocenters. The van der Waals surface area contributed by atoms with Gasteiger partial charge in [0.1, 0.15) is 0 Å². The van der Waals surface area contributed by atoms with Crippen molar-refractivity contribution >= 4 is 27.5 Å². The van der Waals surface area contributed by atoms with Crippen molar-refractivity contribution in [1.82, 2.24) is 10.3 Å². The van der Waals surface area contributed by atoms with Crippen molar-refractivity contribution < 1.29 is 4.79 Å². The molecule has 0 aromatic carbocycles. The minimum absolute atomic E-state index is 0.0121. The van der Waals surface area contributed by atoms with Gasteiger partial charge in [-0.15, -0.1) is 0 Å². The summed E-state index contributed by atoms with van der Waals surface area (Å²) in [6.45, 7) is 5.16. The maximum absolute atomic E-state index is 12.3. The van der Waals surface area contributed by atoms with Crippen LogP contribution in [0.15, 0.2) is 22.9 Å². The third-order valence-electron chi connectivity index (χ3n) is 3.36. The van der Waals surface area contributed by atoms with Gasteiger partial charge in [-0.2, -0.15) is 0 Å². The molecule has 5 heteroatoms. The molecule has 2 N–H and O–H groups in total. The number of hydrogen-bond donors (Lipinski definition) is 2. The highest BCUT2D eigenvalue weighted by Gasteiger charge is 2.37. The van der Waals surface area contributed by atoms with Crippen molar-refractivity contribution in [1.29, 1.82) is 0 Å². The summed E-state index contributed by atoms with van der Waals surface area (Å²) in [7, 11) is 0. The van der Waals surface area contributed by atoms with Gasteiger partial charge in [-0.3, -0.25) is 9.78 Å². The van der Waals surface area contributed by atoms with Crippen LogP contribution in [0, 0.1) is 5.41 Å². The molecule has 98 valence electrons. The third kappa shape index (κ3) is 3.09. The predicted octanol–water partition coefficient (Wildman–Crippen LogP) is 2.56. The summed E-state index contributed by atoms with van der Waals surface area (Å²) in [6.07, 6.45) is 5.53. The average Bonchev–Trinajstić information content (AvgIpc) is 2.28. The first-order valence-corrected chi connectivity index (χ1v) is 6.93. The summed E-state index contributed by atoms with van der Waals surface area (Å²) in [5, 5.41) is 6.21. The molecule has 4 nitrogen and oxygen atoms in total. The quantitative estimate of drug-likeness (QED) is 0.882. The van der Waals surface area contributed by atoms with Crippen LogP contribution < -0.4 is 10.6 Å². The fourth-order valence-corrected chi connectivity index (χ4v) is 2.72. The van der Waals surface area contributed by atoms with Crippen LogP contribution in [-0.4, -0.2) is 23.5 Å². The SMILES string of the molecule is CC1(C)CCCNC1C(=O)Nc1cncc(Br)c1. The second kappa shape index (κ2) is 5.36. The van der Waals surface area contributed by atoms with E-state index in [4.69, 9.17) is 0 Å². The van der Waals surface area contributed by atoms with Crippen LogP contribution in [0.25, 0.3) is 0 Å². The van der Waals surface area contributed by atoms with Crippen LogP contribution in [0.1, 0.15) is 26.7 Å². The number of aromatic nitrogens is 1. The van der Waals surface area contributed by atoms with Gasteiger partial charge in [0.2, 0.25) is 5.91 Å². The first kappa shape index (κ1) is 13.5. The molecule has 1 amide bonds. The highest BCUT2D eigenvalue weighted by Crippen LogP contribution is 2.30. The summed E-state index contributed by atoms with van der Waals surface area (Å²) in [5.41, 5.74) is 0.708. The van der Waals surface area contributed by atoms with E-state index in [2.05, 4.69) is 45.4 Å². The smallest absolute Gasteiger partial charge is 0.242 e. The first-order valence-electron chi connectivity index (χ1n) is 6.14. The zero-order chi connectivity index (χ0) is 13.2. The molecule has 1 aromatic heterocycles. The molecular weight excluding hydrogens is 294 g/mol. The molecule has 0 bridgehead atoms. The van der Waals surface area contributed by atoms with Crippen molar-refractivity contribution in [2.45, 2.75) is 32.7 Å². The lowest BCUT2D eigenvalue weighted by Crippen LogP contribution is -2.53. The standard InChI is InChI=1S/C13H18BrN3O/c1-13(2)4-3-5-16-11(13)12(18)17-10-6-9(14)7-15-8-10/h6-8,11,16H,3-5H2,1-2H3,(H,17,18). The monoisotopic (exact) mass is 311 g/mol. The van der Waals surface area contributed by atoms with Crippen molar-refractivity contribution in [3.8, 4) is 0 Å². The number of anilines is 1. The molecule has 1 aromatic rings. The Hall–Kier alpha value is -0.940. The summed E-state index contributed by atoms with van der Waals surface area (Å²) >= 11 is 3.34. The Balaban J connectivity index is 2.07. The van der Waals surface area contributed by atoms with Gasteiger partial charge in [0.25, 0.3) is 0 Å². The van der Waals surface area contributed by atoms with Crippen LogP contribution in [0.3, 0.4) is 0 Å². The van der Waals surface area contributed by atoms with Crippen molar-refractivity contribution in [3.05, 3.63) is 22.9 Å². The van der Waals surface area contributed by atoms with Gasteiger partial charge in [0, 0.05) is 10.7 Å². The fourth-order valence-electron chi connectivity index (χ4n) is 2.35. The highest BCUT2D eigenvalue weighted by atomic mass is 79.9. The number of carbonyl (C=O) groups excluding carboxylic acids is 1. The van der Waals surface area contributed by atoms with E-state index in [1.807, 2.05) is 6.07 Å². The van der Waals surface area contributed by atoms with Crippen molar-refractivity contribution in [2.75, 3.05) is 11.9 Å². The van der Waals surface area contributed by atoms with Crippen molar-refractivity contribution in [3.63, 3.8) is 0 Å². The lowest BCUT2D eigenvalue weighted by molar-refractivity contribution is -0.121. The number of amides is 1. The normalized spacial score (nSPS) is 22.5. The predicted molar refractivity (Wildman–Crippen MR) is 75.4 cm³/mol. The fraction of sp³-hybridized carbons (Fsp3) is 0.538. The number of nitrogens with one attached hydrogen (secondary N) is 2. The average molecular weight is 312 g/mol. The van der Waals surface area contributed by atoms with Gasteiger partial charge < -0.3 is 10.6 Å². The Morgan fingerprint density at radius 2 is 2.33 bits per heavy atom. The van der Waals surface area contributed by atoms with E-state index in [1.54, 1.807) is 12.4 Å². The molecule has 1 saturated heterocycles. The molecule has 1 unspecified atom stereocenters.